The molecular formula is C27H27N3O8. The fourth-order valence-corrected chi connectivity index (χ4v) is 6.20. The standard InChI is InChI=1S/C27H27N3O8/c1-30(2)21-16-8-11-7-15-14(12-6-13(38-3)10-29-9-12)4-5-17(31)19(15)22(32)18(11)24(34)27(16,37)25(35)20(23(21)33)26(28)36/h4-6,9-11,16,21,31,33-34,37H,7-8H2,1-3H3,(H2,28,36)/t11-,16-,21?,27-/m1/s1. The van der Waals surface area contributed by atoms with Crippen LogP contribution in [0.5, 0.6) is 11.5 Å². The largest absolute Gasteiger partial charge is 0.510 e. The van der Waals surface area contributed by atoms with Crippen molar-refractivity contribution in [2.75, 3.05) is 21.2 Å². The first-order chi connectivity index (χ1) is 17.9. The molecule has 11 nitrogen and oxygen atoms in total. The molecule has 0 aliphatic heterocycles. The molecule has 4 atom stereocenters. The zero-order chi connectivity index (χ0) is 27.7. The maximum absolute atomic E-state index is 13.8. The summed E-state index contributed by atoms with van der Waals surface area (Å²) >= 11 is 0. The highest BCUT2D eigenvalue weighted by molar-refractivity contribution is 6.24. The predicted molar refractivity (Wildman–Crippen MR) is 133 cm³/mol. The fraction of sp³-hybridized carbons (Fsp3) is 0.333. The Kier molecular flexibility index (Phi) is 5.80. The van der Waals surface area contributed by atoms with Gasteiger partial charge in [0.05, 0.1) is 24.9 Å². The number of hydrogen-bond acceptors (Lipinski definition) is 10. The van der Waals surface area contributed by atoms with E-state index in [4.69, 9.17) is 10.5 Å². The molecule has 0 fully saturated rings. The molecule has 5 rings (SSSR count). The Morgan fingerprint density at radius 2 is 1.89 bits per heavy atom. The van der Waals surface area contributed by atoms with Crippen LogP contribution in [0.25, 0.3) is 11.1 Å². The normalized spacial score (nSPS) is 26.7. The molecule has 198 valence electrons. The molecule has 1 unspecified atom stereocenters. The topological polar surface area (TPSA) is 184 Å². The second-order valence-corrected chi connectivity index (χ2v) is 10.1. The first-order valence-electron chi connectivity index (χ1n) is 11.9. The summed E-state index contributed by atoms with van der Waals surface area (Å²) in [5, 5.41) is 44.6. The maximum atomic E-state index is 13.8. The number of nitrogens with zero attached hydrogens (tertiary/aromatic N) is 2. The number of carbonyl (C=O) groups is 3. The second kappa shape index (κ2) is 8.67. The van der Waals surface area contributed by atoms with Crippen molar-refractivity contribution in [3.05, 3.63) is 64.4 Å². The third kappa shape index (κ3) is 3.35. The Morgan fingerprint density at radius 1 is 1.18 bits per heavy atom. The van der Waals surface area contributed by atoms with Crippen molar-refractivity contribution in [2.24, 2.45) is 17.6 Å². The second-order valence-electron chi connectivity index (χ2n) is 10.1. The number of rotatable bonds is 4. The summed E-state index contributed by atoms with van der Waals surface area (Å²) < 4.78 is 5.27. The van der Waals surface area contributed by atoms with Crippen LogP contribution in [0.1, 0.15) is 22.3 Å². The van der Waals surface area contributed by atoms with Crippen LogP contribution in [0.15, 0.2) is 53.3 Å². The molecule has 1 aromatic heterocycles. The van der Waals surface area contributed by atoms with E-state index in [1.54, 1.807) is 32.4 Å². The number of aliphatic hydroxyl groups is 3. The number of aliphatic hydroxyl groups excluding tert-OH is 2. The van der Waals surface area contributed by atoms with Gasteiger partial charge in [-0.15, -0.1) is 0 Å². The molecule has 0 saturated heterocycles. The number of amides is 1. The Labute approximate surface area is 217 Å². The van der Waals surface area contributed by atoms with E-state index in [9.17, 15) is 34.8 Å². The van der Waals surface area contributed by atoms with Crippen molar-refractivity contribution in [2.45, 2.75) is 24.5 Å². The van der Waals surface area contributed by atoms with Crippen LogP contribution >= 0.6 is 0 Å². The van der Waals surface area contributed by atoms with Crippen molar-refractivity contribution in [1.29, 1.82) is 0 Å². The quantitative estimate of drug-likeness (QED) is 0.366. The third-order valence-electron chi connectivity index (χ3n) is 7.87. The SMILES string of the molecule is COc1cncc(-c2ccc(O)c3c2C[C@@H]2C[C@@H]4C(N(C)C)C(O)=C(C(N)=O)C(=O)[C@]4(O)C(O)=C2C3=O)c1. The number of pyridine rings is 1. The molecule has 0 radical (unpaired) electrons. The number of phenolic OH excluding ortho intramolecular Hbond substituents is 1. The third-order valence-corrected chi connectivity index (χ3v) is 7.87. The number of hydrogen-bond donors (Lipinski definition) is 5. The van der Waals surface area contributed by atoms with Crippen molar-refractivity contribution in [3.8, 4) is 22.6 Å². The number of aromatic hydroxyl groups is 1. The van der Waals surface area contributed by atoms with Gasteiger partial charge in [0.15, 0.2) is 11.4 Å². The number of carbonyl (C=O) groups excluding carboxylic acids is 3. The first kappa shape index (κ1) is 25.4. The van der Waals surface area contributed by atoms with E-state index in [1.807, 2.05) is 0 Å². The van der Waals surface area contributed by atoms with Gasteiger partial charge in [0.25, 0.3) is 5.91 Å². The van der Waals surface area contributed by atoms with Crippen LogP contribution in [0.3, 0.4) is 0 Å². The van der Waals surface area contributed by atoms with Gasteiger partial charge in [0, 0.05) is 23.3 Å². The number of primary amides is 1. The number of allylic oxidation sites excluding steroid dienone is 1. The minimum Gasteiger partial charge on any atom is -0.510 e. The van der Waals surface area contributed by atoms with Gasteiger partial charge in [-0.05, 0) is 56.1 Å². The van der Waals surface area contributed by atoms with E-state index in [2.05, 4.69) is 4.98 Å². The fourth-order valence-electron chi connectivity index (χ4n) is 6.20. The van der Waals surface area contributed by atoms with Gasteiger partial charge in [-0.25, -0.2) is 0 Å². The molecular weight excluding hydrogens is 494 g/mol. The van der Waals surface area contributed by atoms with Crippen molar-refractivity contribution >= 4 is 17.5 Å². The van der Waals surface area contributed by atoms with Crippen LogP contribution in [0, 0.1) is 11.8 Å². The predicted octanol–water partition coefficient (Wildman–Crippen LogP) is 1.19. The summed E-state index contributed by atoms with van der Waals surface area (Å²) in [7, 11) is 4.66. The Hall–Kier alpha value is -4.22. The summed E-state index contributed by atoms with van der Waals surface area (Å²) in [5.74, 6) is -6.37. The Morgan fingerprint density at radius 3 is 2.53 bits per heavy atom. The smallest absolute Gasteiger partial charge is 0.255 e. The van der Waals surface area contributed by atoms with E-state index in [0.29, 0.717) is 22.4 Å². The average molecular weight is 522 g/mol. The van der Waals surface area contributed by atoms with Crippen LogP contribution in [0.2, 0.25) is 0 Å². The maximum Gasteiger partial charge on any atom is 0.255 e. The number of ether oxygens (including phenoxy) is 1. The lowest BCUT2D eigenvalue weighted by Gasteiger charge is -2.50. The molecule has 0 saturated carbocycles. The number of aromatic nitrogens is 1. The Balaban J connectivity index is 1.72. The van der Waals surface area contributed by atoms with Crippen LogP contribution in [-0.2, 0) is 16.0 Å². The van der Waals surface area contributed by atoms with Gasteiger partial charge >= 0.3 is 0 Å². The number of fused-ring (bicyclic) bond motifs is 3. The van der Waals surface area contributed by atoms with Crippen LogP contribution in [0.4, 0.5) is 0 Å². The van der Waals surface area contributed by atoms with E-state index < -0.39 is 58.0 Å². The first-order valence-corrected chi connectivity index (χ1v) is 11.9. The number of ketones is 2. The van der Waals surface area contributed by atoms with E-state index in [1.165, 1.54) is 24.3 Å². The molecule has 2 aromatic rings. The number of likely N-dealkylation sites (N-methyl/N-ethyl adjacent to an activating group) is 1. The highest BCUT2D eigenvalue weighted by Crippen LogP contribution is 2.53. The highest BCUT2D eigenvalue weighted by Gasteiger charge is 2.63. The van der Waals surface area contributed by atoms with Gasteiger partial charge in [0.1, 0.15) is 28.6 Å². The molecule has 6 N–H and O–H groups in total. The van der Waals surface area contributed by atoms with Crippen molar-refractivity contribution in [3.63, 3.8) is 0 Å². The summed E-state index contributed by atoms with van der Waals surface area (Å²) in [6, 6.07) is 3.70. The molecule has 0 spiro atoms. The molecule has 38 heavy (non-hydrogen) atoms. The van der Waals surface area contributed by atoms with E-state index >= 15 is 0 Å². The van der Waals surface area contributed by atoms with Crippen molar-refractivity contribution in [1.82, 2.24) is 9.88 Å². The molecule has 1 heterocycles. The number of phenols is 1. The Bertz CT molecular complexity index is 1480. The molecule has 0 bridgehead atoms. The molecule has 1 amide bonds. The van der Waals surface area contributed by atoms with E-state index in [-0.39, 0.29) is 29.7 Å². The summed E-state index contributed by atoms with van der Waals surface area (Å²) in [5.41, 5.74) is 3.35. The minimum atomic E-state index is -2.67. The van der Waals surface area contributed by atoms with E-state index in [0.717, 1.165) is 0 Å². The molecule has 3 aliphatic carbocycles. The van der Waals surface area contributed by atoms with Gasteiger partial charge in [0.2, 0.25) is 5.78 Å². The lowest BCUT2D eigenvalue weighted by atomic mass is 9.58. The highest BCUT2D eigenvalue weighted by atomic mass is 16.5. The lowest BCUT2D eigenvalue weighted by molar-refractivity contribution is -0.148. The zero-order valence-electron chi connectivity index (χ0n) is 20.9. The average Bonchev–Trinajstić information content (AvgIpc) is 2.86. The monoisotopic (exact) mass is 521 g/mol. The zero-order valence-corrected chi connectivity index (χ0v) is 20.9. The number of nitrogens with two attached hydrogens (primary N) is 1. The number of Topliss-reactive ketones (excluding diaryl/α,β-unsaturated/α-hetero) is 2. The van der Waals surface area contributed by atoms with Gasteiger partial charge in [-0.1, -0.05) is 6.07 Å². The summed E-state index contributed by atoms with van der Waals surface area (Å²) in [4.78, 5) is 44.9. The number of methoxy groups -OCH3 is 1. The van der Waals surface area contributed by atoms with Crippen molar-refractivity contribution < 1.29 is 39.5 Å². The van der Waals surface area contributed by atoms with Gasteiger partial charge < -0.3 is 30.9 Å². The van der Waals surface area contributed by atoms with Gasteiger partial charge in [-0.3, -0.25) is 24.3 Å². The van der Waals surface area contributed by atoms with Crippen LogP contribution < -0.4 is 10.5 Å². The van der Waals surface area contributed by atoms with Crippen LogP contribution in [-0.4, -0.2) is 80.6 Å². The molecule has 3 aliphatic rings. The summed E-state index contributed by atoms with van der Waals surface area (Å²) in [6.45, 7) is 0. The minimum absolute atomic E-state index is 0.0111. The lowest BCUT2D eigenvalue weighted by Crippen LogP contribution is -2.63. The van der Waals surface area contributed by atoms with Gasteiger partial charge in [-0.2, -0.15) is 0 Å². The number of benzene rings is 1. The molecule has 1 aromatic carbocycles. The summed E-state index contributed by atoms with van der Waals surface area (Å²) in [6.07, 6.45) is 3.31. The molecule has 11 heteroatoms.